The average Bonchev–Trinajstić information content (AvgIpc) is 2.78. The molecule has 10 heteroatoms. The zero-order valence-corrected chi connectivity index (χ0v) is 16.0. The summed E-state index contributed by atoms with van der Waals surface area (Å²) in [5, 5.41) is 17.3. The first kappa shape index (κ1) is 22.7. The standard InChI is InChI=1S/C14H11NO4.C7H6N2O3/c16-13(17)11-7-4-8-12(15-11)14(18)19-9-10-5-2-1-3-6-10;8-6(10)4-2-1-3-5(9-4)7(11)12/h1-8H,9H2,(H,16,17);1-3H,(H2,8,10)(H,11,12). The molecule has 2 aromatic heterocycles. The van der Waals surface area contributed by atoms with Crippen LogP contribution >= 0.6 is 0 Å². The number of nitrogens with zero attached hydrogens (tertiary/aromatic N) is 2. The van der Waals surface area contributed by atoms with Gasteiger partial charge in [0.1, 0.15) is 29.4 Å². The maximum absolute atomic E-state index is 11.7. The van der Waals surface area contributed by atoms with Gasteiger partial charge in [-0.25, -0.2) is 24.4 Å². The lowest BCUT2D eigenvalue weighted by atomic mass is 10.2. The van der Waals surface area contributed by atoms with E-state index in [1.807, 2.05) is 30.3 Å². The number of carbonyl (C=O) groups is 4. The lowest BCUT2D eigenvalue weighted by Crippen LogP contribution is -2.14. The van der Waals surface area contributed by atoms with Gasteiger partial charge in [-0.3, -0.25) is 4.79 Å². The molecule has 0 spiro atoms. The summed E-state index contributed by atoms with van der Waals surface area (Å²) in [5.41, 5.74) is 5.30. The van der Waals surface area contributed by atoms with Crippen LogP contribution in [0, 0.1) is 0 Å². The number of hydrogen-bond donors (Lipinski definition) is 3. The van der Waals surface area contributed by atoms with Crippen molar-refractivity contribution >= 4 is 23.8 Å². The van der Waals surface area contributed by atoms with Crippen molar-refractivity contribution in [1.82, 2.24) is 9.97 Å². The average molecular weight is 423 g/mol. The molecule has 0 aliphatic heterocycles. The molecule has 0 atom stereocenters. The number of nitrogens with two attached hydrogens (primary N) is 1. The molecule has 0 unspecified atom stereocenters. The first-order valence-corrected chi connectivity index (χ1v) is 8.69. The summed E-state index contributed by atoms with van der Waals surface area (Å²) < 4.78 is 5.05. The fourth-order valence-corrected chi connectivity index (χ4v) is 2.16. The van der Waals surface area contributed by atoms with Gasteiger partial charge in [0.05, 0.1) is 0 Å². The minimum absolute atomic E-state index is 0.0177. The normalized spacial score (nSPS) is 9.68. The van der Waals surface area contributed by atoms with Gasteiger partial charge in [0.15, 0.2) is 0 Å². The quantitative estimate of drug-likeness (QED) is 0.502. The van der Waals surface area contributed by atoms with Gasteiger partial charge in [-0.05, 0) is 29.8 Å². The van der Waals surface area contributed by atoms with Crippen LogP contribution < -0.4 is 5.73 Å². The van der Waals surface area contributed by atoms with Gasteiger partial charge in [0, 0.05) is 0 Å². The number of carboxylic acids is 2. The molecule has 0 saturated heterocycles. The van der Waals surface area contributed by atoms with Crippen LogP contribution in [0.25, 0.3) is 0 Å². The Hall–Kier alpha value is -4.60. The third kappa shape index (κ3) is 7.06. The first-order valence-electron chi connectivity index (χ1n) is 8.69. The monoisotopic (exact) mass is 423 g/mol. The second-order valence-electron chi connectivity index (χ2n) is 5.85. The Labute approximate surface area is 176 Å². The second kappa shape index (κ2) is 10.8. The van der Waals surface area contributed by atoms with E-state index in [0.717, 1.165) is 5.56 Å². The SMILES string of the molecule is NC(=O)c1cccc(C(=O)O)n1.O=C(O)c1cccc(C(=O)OCc2ccccc2)n1. The van der Waals surface area contributed by atoms with Crippen molar-refractivity contribution in [3.63, 3.8) is 0 Å². The molecule has 31 heavy (non-hydrogen) atoms. The molecule has 3 rings (SSSR count). The number of amides is 1. The van der Waals surface area contributed by atoms with Crippen LogP contribution in [0.3, 0.4) is 0 Å². The van der Waals surface area contributed by atoms with Crippen LogP contribution in [-0.4, -0.2) is 44.0 Å². The number of pyridine rings is 2. The maximum Gasteiger partial charge on any atom is 0.357 e. The number of carboxylic acid groups (broad SMARTS) is 2. The number of esters is 1. The lowest BCUT2D eigenvalue weighted by Gasteiger charge is -2.04. The molecule has 0 aliphatic carbocycles. The number of carbonyl (C=O) groups excluding carboxylic acids is 2. The molecule has 0 bridgehead atoms. The molecule has 1 aromatic carbocycles. The Balaban J connectivity index is 0.000000245. The van der Waals surface area contributed by atoms with Crippen LogP contribution in [0.4, 0.5) is 0 Å². The van der Waals surface area contributed by atoms with E-state index in [-0.39, 0.29) is 29.4 Å². The molecule has 3 aromatic rings. The Morgan fingerprint density at radius 2 is 1.19 bits per heavy atom. The number of benzene rings is 1. The minimum atomic E-state index is -1.18. The molecule has 0 aliphatic rings. The highest BCUT2D eigenvalue weighted by atomic mass is 16.5. The Morgan fingerprint density at radius 1 is 0.710 bits per heavy atom. The van der Waals surface area contributed by atoms with Crippen molar-refractivity contribution in [2.24, 2.45) is 5.73 Å². The van der Waals surface area contributed by atoms with Crippen molar-refractivity contribution in [3.8, 4) is 0 Å². The summed E-state index contributed by atoms with van der Waals surface area (Å²) in [6.45, 7) is 0.124. The van der Waals surface area contributed by atoms with E-state index in [4.69, 9.17) is 20.7 Å². The summed E-state index contributed by atoms with van der Waals surface area (Å²) in [6.07, 6.45) is 0. The molecule has 158 valence electrons. The van der Waals surface area contributed by atoms with E-state index in [1.165, 1.54) is 36.4 Å². The van der Waals surface area contributed by atoms with Crippen molar-refractivity contribution in [2.45, 2.75) is 6.61 Å². The smallest absolute Gasteiger partial charge is 0.357 e. The van der Waals surface area contributed by atoms with E-state index in [9.17, 15) is 19.2 Å². The van der Waals surface area contributed by atoms with E-state index >= 15 is 0 Å². The molecule has 0 fully saturated rings. The third-order valence-corrected chi connectivity index (χ3v) is 3.61. The highest BCUT2D eigenvalue weighted by Crippen LogP contribution is 2.06. The fraction of sp³-hybridized carbons (Fsp3) is 0.0476. The highest BCUT2D eigenvalue weighted by Gasteiger charge is 2.12. The van der Waals surface area contributed by atoms with Gasteiger partial charge in [-0.15, -0.1) is 0 Å². The van der Waals surface area contributed by atoms with Crippen molar-refractivity contribution in [3.05, 3.63) is 95.1 Å². The number of aromatic nitrogens is 2. The molecular weight excluding hydrogens is 406 g/mol. The van der Waals surface area contributed by atoms with E-state index < -0.39 is 23.8 Å². The Morgan fingerprint density at radius 3 is 1.71 bits per heavy atom. The summed E-state index contributed by atoms with van der Waals surface area (Å²) >= 11 is 0. The largest absolute Gasteiger partial charge is 0.477 e. The van der Waals surface area contributed by atoms with Gasteiger partial charge >= 0.3 is 17.9 Å². The van der Waals surface area contributed by atoms with Crippen LogP contribution in [0.15, 0.2) is 66.7 Å². The van der Waals surface area contributed by atoms with E-state index in [0.29, 0.717) is 0 Å². The summed E-state index contributed by atoms with van der Waals surface area (Å²) in [5.74, 6) is -3.75. The van der Waals surface area contributed by atoms with Crippen LogP contribution in [0.2, 0.25) is 0 Å². The summed E-state index contributed by atoms with van der Waals surface area (Å²) in [7, 11) is 0. The third-order valence-electron chi connectivity index (χ3n) is 3.61. The van der Waals surface area contributed by atoms with Gasteiger partial charge in [0.2, 0.25) is 0 Å². The molecule has 0 radical (unpaired) electrons. The zero-order chi connectivity index (χ0) is 22.8. The minimum Gasteiger partial charge on any atom is -0.477 e. The summed E-state index contributed by atoms with van der Waals surface area (Å²) in [4.78, 5) is 50.6. The summed E-state index contributed by atoms with van der Waals surface area (Å²) in [6, 6.07) is 17.4. The predicted octanol–water partition coefficient (Wildman–Crippen LogP) is 2.02. The Kier molecular flexibility index (Phi) is 7.91. The highest BCUT2D eigenvalue weighted by molar-refractivity contribution is 5.93. The van der Waals surface area contributed by atoms with Gasteiger partial charge in [-0.2, -0.15) is 0 Å². The number of ether oxygens (including phenoxy) is 1. The number of aromatic carboxylic acids is 2. The first-order chi connectivity index (χ1) is 14.8. The molecule has 10 nitrogen and oxygen atoms in total. The van der Waals surface area contributed by atoms with Crippen molar-refractivity contribution < 1.29 is 34.1 Å². The maximum atomic E-state index is 11.7. The van der Waals surface area contributed by atoms with Crippen LogP contribution in [0.1, 0.15) is 47.5 Å². The number of hydrogen-bond acceptors (Lipinski definition) is 7. The van der Waals surface area contributed by atoms with Crippen LogP contribution in [0.5, 0.6) is 0 Å². The zero-order valence-electron chi connectivity index (χ0n) is 16.0. The molecule has 1 amide bonds. The molecular formula is C21H17N3O7. The lowest BCUT2D eigenvalue weighted by molar-refractivity contribution is 0.0465. The van der Waals surface area contributed by atoms with Crippen molar-refractivity contribution in [1.29, 1.82) is 0 Å². The predicted molar refractivity (Wildman–Crippen MR) is 106 cm³/mol. The Bertz CT molecular complexity index is 1070. The molecule has 2 heterocycles. The van der Waals surface area contributed by atoms with E-state index in [1.54, 1.807) is 0 Å². The van der Waals surface area contributed by atoms with E-state index in [2.05, 4.69) is 9.97 Å². The number of rotatable bonds is 6. The van der Waals surface area contributed by atoms with Gasteiger partial charge in [-0.1, -0.05) is 42.5 Å². The van der Waals surface area contributed by atoms with Gasteiger partial charge in [0.25, 0.3) is 5.91 Å². The van der Waals surface area contributed by atoms with Gasteiger partial charge < -0.3 is 20.7 Å². The van der Waals surface area contributed by atoms with Crippen LogP contribution in [-0.2, 0) is 11.3 Å². The molecule has 0 saturated carbocycles. The fourth-order valence-electron chi connectivity index (χ4n) is 2.16. The number of primary amides is 1. The second-order valence-corrected chi connectivity index (χ2v) is 5.85. The molecule has 4 N–H and O–H groups in total. The topological polar surface area (TPSA) is 170 Å². The van der Waals surface area contributed by atoms with Crippen molar-refractivity contribution in [2.75, 3.05) is 0 Å².